The van der Waals surface area contributed by atoms with Gasteiger partial charge in [0.1, 0.15) is 0 Å². The van der Waals surface area contributed by atoms with Crippen LogP contribution in [0.5, 0.6) is 0 Å². The third-order valence-corrected chi connectivity index (χ3v) is 2.68. The van der Waals surface area contributed by atoms with Gasteiger partial charge in [-0.25, -0.2) is 0 Å². The molecule has 0 amide bonds. The molecule has 1 aromatic rings. The van der Waals surface area contributed by atoms with Crippen LogP contribution in [0.25, 0.3) is 0 Å². The van der Waals surface area contributed by atoms with Crippen molar-refractivity contribution >= 4 is 29.0 Å². The fourth-order valence-electron chi connectivity index (χ4n) is 1.35. The molecule has 0 fully saturated rings. The smallest absolute Gasteiger partial charge is 0.358 e. The number of halogens is 2. The van der Waals surface area contributed by atoms with E-state index in [1.54, 1.807) is 0 Å². The molecule has 0 atom stereocenters. The molecule has 7 heteroatoms. The normalized spacial score (nSPS) is 10.6. The van der Waals surface area contributed by atoms with Gasteiger partial charge < -0.3 is 10.1 Å². The van der Waals surface area contributed by atoms with E-state index in [1.165, 1.54) is 10.9 Å². The summed E-state index contributed by atoms with van der Waals surface area (Å²) in [6, 6.07) is 0. The summed E-state index contributed by atoms with van der Waals surface area (Å²) < 4.78 is 1.52. The summed E-state index contributed by atoms with van der Waals surface area (Å²) in [5.41, 5.74) is 0. The zero-order chi connectivity index (χ0) is 12.0. The van der Waals surface area contributed by atoms with Crippen molar-refractivity contribution in [2.45, 2.75) is 32.2 Å². The molecule has 1 rings (SSSR count). The Morgan fingerprint density at radius 1 is 1.38 bits per heavy atom. The molecule has 0 radical (unpaired) electrons. The van der Waals surface area contributed by atoms with Crippen molar-refractivity contribution in [3.05, 3.63) is 21.3 Å². The lowest BCUT2D eigenvalue weighted by atomic mass is 10.2. The summed E-state index contributed by atoms with van der Waals surface area (Å²) in [6.45, 7) is 0.649. The molecule has 0 aliphatic carbocycles. The summed E-state index contributed by atoms with van der Waals surface area (Å²) in [4.78, 5) is 9.90. The minimum absolute atomic E-state index is 0.0887. The number of hydrogen-bond acceptors (Lipinski definition) is 3. The summed E-state index contributed by atoms with van der Waals surface area (Å²) in [5.74, 6) is 0.404. The second-order valence-corrected chi connectivity index (χ2v) is 4.21. The molecular weight excluding hydrogens is 253 g/mol. The monoisotopic (exact) mass is 265 g/mol. The third-order valence-electron chi connectivity index (χ3n) is 2.14. The second-order valence-electron chi connectivity index (χ2n) is 3.42. The minimum Gasteiger partial charge on any atom is -0.358 e. The van der Waals surface area contributed by atoms with E-state index in [9.17, 15) is 10.1 Å². The number of nitro groups is 1. The zero-order valence-electron chi connectivity index (χ0n) is 8.73. The standard InChI is InChI=1S/C9H13Cl2N3O2/c10-5-3-1-2-4-6-13-7-8(11)9(12-13)14(15)16/h7H,1-6H2. The van der Waals surface area contributed by atoms with E-state index in [0.29, 0.717) is 12.4 Å². The van der Waals surface area contributed by atoms with Crippen LogP contribution in [-0.2, 0) is 6.54 Å². The maximum absolute atomic E-state index is 10.5. The van der Waals surface area contributed by atoms with E-state index >= 15 is 0 Å². The predicted octanol–water partition coefficient (Wildman–Crippen LogP) is 3.24. The summed E-state index contributed by atoms with van der Waals surface area (Å²) in [5, 5.41) is 14.4. The highest BCUT2D eigenvalue weighted by Crippen LogP contribution is 2.21. The van der Waals surface area contributed by atoms with Crippen molar-refractivity contribution in [1.82, 2.24) is 9.78 Å². The quantitative estimate of drug-likeness (QED) is 0.329. The second kappa shape index (κ2) is 6.70. The van der Waals surface area contributed by atoms with Gasteiger partial charge in [-0.3, -0.25) is 0 Å². The molecule has 0 aliphatic rings. The molecule has 90 valence electrons. The average Bonchev–Trinajstić information content (AvgIpc) is 2.59. The van der Waals surface area contributed by atoms with Crippen molar-refractivity contribution in [1.29, 1.82) is 0 Å². The fraction of sp³-hybridized carbons (Fsp3) is 0.667. The Kier molecular flexibility index (Phi) is 5.55. The van der Waals surface area contributed by atoms with Gasteiger partial charge in [0.2, 0.25) is 0 Å². The Morgan fingerprint density at radius 2 is 2.06 bits per heavy atom. The summed E-state index contributed by atoms with van der Waals surface area (Å²) in [7, 11) is 0. The van der Waals surface area contributed by atoms with Gasteiger partial charge in [0.15, 0.2) is 5.02 Å². The molecule has 0 spiro atoms. The SMILES string of the molecule is O=[N+]([O-])c1nn(CCCCCCCl)cc1Cl. The summed E-state index contributed by atoms with van der Waals surface area (Å²) in [6.07, 6.45) is 5.52. The van der Waals surface area contributed by atoms with Gasteiger partial charge in [0.05, 0.1) is 17.8 Å². The highest BCUT2D eigenvalue weighted by Gasteiger charge is 2.18. The van der Waals surface area contributed by atoms with Gasteiger partial charge in [-0.2, -0.15) is 4.68 Å². The molecule has 1 aromatic heterocycles. The van der Waals surface area contributed by atoms with Crippen LogP contribution in [0.1, 0.15) is 25.7 Å². The van der Waals surface area contributed by atoms with Crippen molar-refractivity contribution in [3.8, 4) is 0 Å². The molecular formula is C9H13Cl2N3O2. The van der Waals surface area contributed by atoms with Crippen molar-refractivity contribution in [2.24, 2.45) is 0 Å². The van der Waals surface area contributed by atoms with Gasteiger partial charge in [0.25, 0.3) is 0 Å². The molecule has 0 bridgehead atoms. The van der Waals surface area contributed by atoms with E-state index in [4.69, 9.17) is 23.2 Å². The molecule has 0 N–H and O–H groups in total. The largest absolute Gasteiger partial charge is 0.408 e. The Hall–Kier alpha value is -0.810. The highest BCUT2D eigenvalue weighted by atomic mass is 35.5. The third kappa shape index (κ3) is 3.98. The first kappa shape index (κ1) is 13.3. The van der Waals surface area contributed by atoms with Crippen LogP contribution in [0.4, 0.5) is 5.82 Å². The number of aromatic nitrogens is 2. The lowest BCUT2D eigenvalue weighted by Gasteiger charge is -1.97. The Balaban J connectivity index is 2.37. The van der Waals surface area contributed by atoms with Crippen LogP contribution in [0.3, 0.4) is 0 Å². The number of aryl methyl sites for hydroxylation is 1. The first-order valence-electron chi connectivity index (χ1n) is 5.08. The van der Waals surface area contributed by atoms with Gasteiger partial charge in [-0.05, 0) is 17.8 Å². The highest BCUT2D eigenvalue weighted by molar-refractivity contribution is 6.32. The van der Waals surface area contributed by atoms with E-state index in [0.717, 1.165) is 25.7 Å². The molecule has 0 saturated carbocycles. The van der Waals surface area contributed by atoms with Gasteiger partial charge in [-0.15, -0.1) is 11.6 Å². The number of rotatable bonds is 7. The van der Waals surface area contributed by atoms with Crippen LogP contribution in [0.2, 0.25) is 5.02 Å². The molecule has 0 unspecified atom stereocenters. The van der Waals surface area contributed by atoms with E-state index < -0.39 is 4.92 Å². The predicted molar refractivity (Wildman–Crippen MR) is 63.1 cm³/mol. The minimum atomic E-state index is -0.577. The van der Waals surface area contributed by atoms with Crippen LogP contribution in [-0.4, -0.2) is 20.6 Å². The first-order chi connectivity index (χ1) is 7.65. The van der Waals surface area contributed by atoms with Crippen molar-refractivity contribution in [2.75, 3.05) is 5.88 Å². The fourth-order valence-corrected chi connectivity index (χ4v) is 1.76. The topological polar surface area (TPSA) is 61.0 Å². The van der Waals surface area contributed by atoms with Crippen LogP contribution < -0.4 is 0 Å². The van der Waals surface area contributed by atoms with Gasteiger partial charge in [0, 0.05) is 5.88 Å². The first-order valence-corrected chi connectivity index (χ1v) is 5.99. The van der Waals surface area contributed by atoms with Crippen LogP contribution in [0.15, 0.2) is 6.20 Å². The van der Waals surface area contributed by atoms with E-state index in [2.05, 4.69) is 5.10 Å². The molecule has 0 aliphatic heterocycles. The van der Waals surface area contributed by atoms with Gasteiger partial charge >= 0.3 is 5.82 Å². The Bertz CT molecular complexity index is 355. The average molecular weight is 266 g/mol. The van der Waals surface area contributed by atoms with E-state index in [1.807, 2.05) is 0 Å². The van der Waals surface area contributed by atoms with Crippen LogP contribution >= 0.6 is 23.2 Å². The Labute approximate surface area is 103 Å². The van der Waals surface area contributed by atoms with Crippen molar-refractivity contribution in [3.63, 3.8) is 0 Å². The van der Waals surface area contributed by atoms with E-state index in [-0.39, 0.29) is 10.8 Å². The molecule has 5 nitrogen and oxygen atoms in total. The van der Waals surface area contributed by atoms with Crippen LogP contribution in [0, 0.1) is 10.1 Å². The lowest BCUT2D eigenvalue weighted by Crippen LogP contribution is -1.99. The Morgan fingerprint density at radius 3 is 2.62 bits per heavy atom. The molecule has 16 heavy (non-hydrogen) atoms. The maximum Gasteiger partial charge on any atom is 0.408 e. The number of hydrogen-bond donors (Lipinski definition) is 0. The zero-order valence-corrected chi connectivity index (χ0v) is 10.2. The molecule has 0 saturated heterocycles. The van der Waals surface area contributed by atoms with Crippen molar-refractivity contribution < 1.29 is 4.92 Å². The molecule has 0 aromatic carbocycles. The number of alkyl halides is 1. The maximum atomic E-state index is 10.5. The number of nitrogens with zero attached hydrogens (tertiary/aromatic N) is 3. The molecule has 1 heterocycles. The van der Waals surface area contributed by atoms with Gasteiger partial charge in [-0.1, -0.05) is 24.4 Å². The lowest BCUT2D eigenvalue weighted by molar-refractivity contribution is -0.389. The summed E-state index contributed by atoms with van der Waals surface area (Å²) >= 11 is 11.2. The number of unbranched alkanes of at least 4 members (excludes halogenated alkanes) is 3.